The average molecular weight is 254 g/mol. The van der Waals surface area contributed by atoms with Crippen LogP contribution in [-0.4, -0.2) is 20.3 Å². The lowest BCUT2D eigenvalue weighted by Gasteiger charge is -2.12. The first-order valence-corrected chi connectivity index (χ1v) is 4.54. The van der Waals surface area contributed by atoms with Crippen LogP contribution in [0.2, 0.25) is 0 Å². The molecule has 1 rings (SSSR count). The molecule has 0 unspecified atom stereocenters. The fourth-order valence-electron chi connectivity index (χ4n) is 1.19. The molecule has 0 amide bonds. The van der Waals surface area contributed by atoms with Crippen molar-refractivity contribution >= 4 is 0 Å². The Morgan fingerprint density at radius 1 is 1.00 bits per heavy atom. The summed E-state index contributed by atoms with van der Waals surface area (Å²) in [5.74, 6) is -0.894. The highest BCUT2D eigenvalue weighted by molar-refractivity contribution is 5.42. The minimum atomic E-state index is -3.12. The standard InChI is InChI=1S/C10H10F4O3/c1-15-5-6-2-3-7(16-9(11)12)8(4-6)17-10(13)14/h2-4,9-10H,5H2,1H3. The van der Waals surface area contributed by atoms with Crippen molar-refractivity contribution in [2.75, 3.05) is 7.11 Å². The molecule has 0 N–H and O–H groups in total. The second-order valence-corrected chi connectivity index (χ2v) is 2.97. The highest BCUT2D eigenvalue weighted by atomic mass is 19.3. The zero-order chi connectivity index (χ0) is 12.8. The molecule has 0 spiro atoms. The SMILES string of the molecule is COCc1ccc(OC(F)F)c(OC(F)F)c1. The summed E-state index contributed by atoms with van der Waals surface area (Å²) >= 11 is 0. The molecule has 3 nitrogen and oxygen atoms in total. The quantitative estimate of drug-likeness (QED) is 0.730. The molecule has 17 heavy (non-hydrogen) atoms. The van der Waals surface area contributed by atoms with Crippen molar-refractivity contribution in [1.82, 2.24) is 0 Å². The molecule has 0 heterocycles. The van der Waals surface area contributed by atoms with Crippen LogP contribution in [0, 0.1) is 0 Å². The molecule has 7 heteroatoms. The summed E-state index contributed by atoms with van der Waals surface area (Å²) in [5, 5.41) is 0. The summed E-state index contributed by atoms with van der Waals surface area (Å²) in [6.45, 7) is -6.08. The highest BCUT2D eigenvalue weighted by Gasteiger charge is 2.15. The number of ether oxygens (including phenoxy) is 3. The minimum Gasteiger partial charge on any atom is -0.431 e. The van der Waals surface area contributed by atoms with Crippen molar-refractivity contribution in [3.63, 3.8) is 0 Å². The molecule has 0 fully saturated rings. The third-order valence-corrected chi connectivity index (χ3v) is 1.75. The van der Waals surface area contributed by atoms with Crippen LogP contribution in [0.1, 0.15) is 5.56 Å². The Hall–Kier alpha value is -1.50. The number of hydrogen-bond donors (Lipinski definition) is 0. The van der Waals surface area contributed by atoms with Gasteiger partial charge in [-0.05, 0) is 17.7 Å². The van der Waals surface area contributed by atoms with Gasteiger partial charge in [-0.25, -0.2) is 0 Å². The summed E-state index contributed by atoms with van der Waals surface area (Å²) in [6, 6.07) is 3.70. The number of halogens is 4. The third-order valence-electron chi connectivity index (χ3n) is 1.75. The Morgan fingerprint density at radius 2 is 1.59 bits per heavy atom. The van der Waals surface area contributed by atoms with Gasteiger partial charge >= 0.3 is 13.2 Å². The molecular formula is C10H10F4O3. The maximum atomic E-state index is 12.1. The predicted molar refractivity (Wildman–Crippen MR) is 50.4 cm³/mol. The van der Waals surface area contributed by atoms with Crippen molar-refractivity contribution in [2.24, 2.45) is 0 Å². The zero-order valence-corrected chi connectivity index (χ0v) is 8.83. The largest absolute Gasteiger partial charge is 0.431 e. The van der Waals surface area contributed by atoms with Crippen LogP contribution < -0.4 is 9.47 Å². The number of rotatable bonds is 6. The number of hydrogen-bond acceptors (Lipinski definition) is 3. The summed E-state index contributed by atoms with van der Waals surface area (Å²) in [4.78, 5) is 0. The molecule has 0 radical (unpaired) electrons. The van der Waals surface area contributed by atoms with Crippen LogP contribution in [0.5, 0.6) is 11.5 Å². The van der Waals surface area contributed by atoms with Crippen molar-refractivity contribution < 1.29 is 31.8 Å². The lowest BCUT2D eigenvalue weighted by molar-refractivity contribution is -0.0693. The summed E-state index contributed by atoms with van der Waals surface area (Å²) < 4.78 is 61.0. The van der Waals surface area contributed by atoms with Crippen molar-refractivity contribution in [2.45, 2.75) is 19.8 Å². The van der Waals surface area contributed by atoms with E-state index in [1.807, 2.05) is 0 Å². The molecule has 0 aromatic heterocycles. The first kappa shape index (κ1) is 13.6. The van der Waals surface area contributed by atoms with E-state index in [-0.39, 0.29) is 6.61 Å². The first-order valence-electron chi connectivity index (χ1n) is 4.54. The van der Waals surface area contributed by atoms with Gasteiger partial charge in [-0.3, -0.25) is 0 Å². The molecular weight excluding hydrogens is 244 g/mol. The van der Waals surface area contributed by atoms with Gasteiger partial charge in [0.25, 0.3) is 0 Å². The molecule has 1 aromatic rings. The maximum absolute atomic E-state index is 12.1. The predicted octanol–water partition coefficient (Wildman–Crippen LogP) is 3.04. The molecule has 1 aromatic carbocycles. The van der Waals surface area contributed by atoms with Gasteiger partial charge in [-0.15, -0.1) is 0 Å². The van der Waals surface area contributed by atoms with Crippen molar-refractivity contribution in [3.05, 3.63) is 23.8 Å². The van der Waals surface area contributed by atoms with Gasteiger partial charge in [0, 0.05) is 7.11 Å². The summed E-state index contributed by atoms with van der Waals surface area (Å²) in [6.07, 6.45) is 0. The second-order valence-electron chi connectivity index (χ2n) is 2.97. The molecule has 0 aliphatic heterocycles. The molecule has 0 atom stereocenters. The molecule has 0 bridgehead atoms. The Bertz CT molecular complexity index is 357. The smallest absolute Gasteiger partial charge is 0.387 e. The van der Waals surface area contributed by atoms with Gasteiger partial charge in [0.2, 0.25) is 0 Å². The van der Waals surface area contributed by atoms with E-state index in [9.17, 15) is 17.6 Å². The van der Waals surface area contributed by atoms with E-state index in [1.54, 1.807) is 0 Å². The summed E-state index contributed by atoms with van der Waals surface area (Å²) in [7, 11) is 1.41. The lowest BCUT2D eigenvalue weighted by Crippen LogP contribution is -2.08. The number of alkyl halides is 4. The Balaban J connectivity index is 2.94. The van der Waals surface area contributed by atoms with Gasteiger partial charge in [0.15, 0.2) is 11.5 Å². The highest BCUT2D eigenvalue weighted by Crippen LogP contribution is 2.31. The van der Waals surface area contributed by atoms with E-state index in [1.165, 1.54) is 13.2 Å². The van der Waals surface area contributed by atoms with E-state index in [2.05, 4.69) is 9.47 Å². The lowest BCUT2D eigenvalue weighted by atomic mass is 10.2. The van der Waals surface area contributed by atoms with Gasteiger partial charge in [-0.2, -0.15) is 17.6 Å². The Labute approximate surface area is 94.9 Å². The van der Waals surface area contributed by atoms with Crippen LogP contribution in [-0.2, 0) is 11.3 Å². The minimum absolute atomic E-state index is 0.147. The molecule has 0 saturated carbocycles. The second kappa shape index (κ2) is 6.29. The van der Waals surface area contributed by atoms with Gasteiger partial charge < -0.3 is 14.2 Å². The topological polar surface area (TPSA) is 27.7 Å². The fourth-order valence-corrected chi connectivity index (χ4v) is 1.19. The van der Waals surface area contributed by atoms with Crippen LogP contribution in [0.4, 0.5) is 17.6 Å². The van der Waals surface area contributed by atoms with Crippen molar-refractivity contribution in [3.8, 4) is 11.5 Å². The van der Waals surface area contributed by atoms with E-state index < -0.39 is 24.7 Å². The summed E-state index contributed by atoms with van der Waals surface area (Å²) in [5.41, 5.74) is 0.504. The van der Waals surface area contributed by atoms with Crippen molar-refractivity contribution in [1.29, 1.82) is 0 Å². The molecule has 96 valence electrons. The van der Waals surface area contributed by atoms with Gasteiger partial charge in [-0.1, -0.05) is 6.07 Å². The van der Waals surface area contributed by atoms with Gasteiger partial charge in [0.05, 0.1) is 6.61 Å². The van der Waals surface area contributed by atoms with Crippen LogP contribution in [0.15, 0.2) is 18.2 Å². The maximum Gasteiger partial charge on any atom is 0.387 e. The van der Waals surface area contributed by atoms with E-state index in [0.29, 0.717) is 5.56 Å². The average Bonchev–Trinajstić information content (AvgIpc) is 2.21. The van der Waals surface area contributed by atoms with Crippen LogP contribution >= 0.6 is 0 Å². The zero-order valence-electron chi connectivity index (χ0n) is 8.83. The van der Waals surface area contributed by atoms with Crippen LogP contribution in [0.3, 0.4) is 0 Å². The Morgan fingerprint density at radius 3 is 2.12 bits per heavy atom. The van der Waals surface area contributed by atoms with Crippen LogP contribution in [0.25, 0.3) is 0 Å². The number of benzene rings is 1. The molecule has 0 saturated heterocycles. The van der Waals surface area contributed by atoms with E-state index >= 15 is 0 Å². The van der Waals surface area contributed by atoms with E-state index in [4.69, 9.17) is 4.74 Å². The third kappa shape index (κ3) is 4.48. The van der Waals surface area contributed by atoms with Gasteiger partial charge in [0.1, 0.15) is 0 Å². The number of methoxy groups -OCH3 is 1. The molecule has 0 aliphatic rings. The monoisotopic (exact) mass is 254 g/mol. The normalized spacial score (nSPS) is 11.0. The Kier molecular flexibility index (Phi) is 5.02. The fraction of sp³-hybridized carbons (Fsp3) is 0.400. The first-order chi connectivity index (χ1) is 8.02. The molecule has 0 aliphatic carbocycles. The van der Waals surface area contributed by atoms with E-state index in [0.717, 1.165) is 12.1 Å².